The van der Waals surface area contributed by atoms with Gasteiger partial charge in [0.25, 0.3) is 0 Å². The number of pyridine rings is 1. The van der Waals surface area contributed by atoms with Gasteiger partial charge in [0.2, 0.25) is 0 Å². The maximum atomic E-state index is 12.2. The van der Waals surface area contributed by atoms with E-state index in [1.165, 1.54) is 19.3 Å². The highest BCUT2D eigenvalue weighted by atomic mass is 16.5. The van der Waals surface area contributed by atoms with Crippen molar-refractivity contribution in [3.05, 3.63) is 18.3 Å². The lowest BCUT2D eigenvalue weighted by Gasteiger charge is -2.29. The first kappa shape index (κ1) is 15.1. The highest BCUT2D eigenvalue weighted by molar-refractivity contribution is 5.92. The molecule has 0 bridgehead atoms. The average Bonchev–Trinajstić information content (AvgIpc) is 2.57. The number of amides is 2. The van der Waals surface area contributed by atoms with Gasteiger partial charge in [0.15, 0.2) is 5.82 Å². The van der Waals surface area contributed by atoms with E-state index in [2.05, 4.69) is 20.5 Å². The van der Waals surface area contributed by atoms with Gasteiger partial charge in [0, 0.05) is 25.3 Å². The summed E-state index contributed by atoms with van der Waals surface area (Å²) in [6, 6.07) is 3.92. The van der Waals surface area contributed by atoms with Gasteiger partial charge < -0.3 is 20.3 Å². The fourth-order valence-electron chi connectivity index (χ4n) is 3.11. The Morgan fingerprint density at radius 2 is 2.00 bits per heavy atom. The molecule has 0 aromatic carbocycles. The lowest BCUT2D eigenvalue weighted by atomic mass is 9.96. The van der Waals surface area contributed by atoms with Gasteiger partial charge in [-0.25, -0.2) is 9.78 Å². The average molecular weight is 304 g/mol. The summed E-state index contributed by atoms with van der Waals surface area (Å²) in [6.45, 7) is 3.00. The van der Waals surface area contributed by atoms with E-state index in [0.29, 0.717) is 19.3 Å². The molecule has 3 rings (SSSR count). The Labute approximate surface area is 131 Å². The predicted molar refractivity (Wildman–Crippen MR) is 86.3 cm³/mol. The number of ether oxygens (including phenoxy) is 1. The number of rotatable bonds is 3. The Morgan fingerprint density at radius 1 is 1.23 bits per heavy atom. The SMILES string of the molecule is O=C(Nc1cccnc1N1CCOCC1)NC1CCCCC1. The number of hydrogen-bond acceptors (Lipinski definition) is 4. The minimum Gasteiger partial charge on any atom is -0.378 e. The van der Waals surface area contributed by atoms with E-state index in [-0.39, 0.29) is 6.03 Å². The molecule has 22 heavy (non-hydrogen) atoms. The van der Waals surface area contributed by atoms with Crippen LogP contribution in [0.5, 0.6) is 0 Å². The van der Waals surface area contributed by atoms with Crippen LogP contribution in [0.1, 0.15) is 32.1 Å². The summed E-state index contributed by atoms with van der Waals surface area (Å²) in [5, 5.41) is 6.04. The van der Waals surface area contributed by atoms with Crippen LogP contribution in [-0.4, -0.2) is 43.4 Å². The summed E-state index contributed by atoms with van der Waals surface area (Å²) in [4.78, 5) is 18.8. The Bertz CT molecular complexity index is 497. The molecular weight excluding hydrogens is 280 g/mol. The van der Waals surface area contributed by atoms with Gasteiger partial charge in [0.1, 0.15) is 0 Å². The summed E-state index contributed by atoms with van der Waals surface area (Å²) in [5.74, 6) is 0.824. The van der Waals surface area contributed by atoms with Gasteiger partial charge in [-0.2, -0.15) is 0 Å². The van der Waals surface area contributed by atoms with E-state index >= 15 is 0 Å². The lowest BCUT2D eigenvalue weighted by molar-refractivity contribution is 0.122. The molecule has 2 heterocycles. The Morgan fingerprint density at radius 3 is 2.77 bits per heavy atom. The van der Waals surface area contributed by atoms with E-state index in [1.54, 1.807) is 6.20 Å². The number of carbonyl (C=O) groups is 1. The number of aromatic nitrogens is 1. The number of urea groups is 1. The Hall–Kier alpha value is -1.82. The summed E-state index contributed by atoms with van der Waals surface area (Å²) in [7, 11) is 0. The smallest absolute Gasteiger partial charge is 0.319 e. The molecule has 120 valence electrons. The topological polar surface area (TPSA) is 66.5 Å². The Kier molecular flexibility index (Phi) is 5.11. The summed E-state index contributed by atoms with van der Waals surface area (Å²) in [5.41, 5.74) is 0.762. The van der Waals surface area contributed by atoms with Gasteiger partial charge in [-0.1, -0.05) is 19.3 Å². The van der Waals surface area contributed by atoms with Crippen LogP contribution < -0.4 is 15.5 Å². The van der Waals surface area contributed by atoms with E-state index in [9.17, 15) is 4.79 Å². The van der Waals surface area contributed by atoms with Gasteiger partial charge in [-0.05, 0) is 25.0 Å². The van der Waals surface area contributed by atoms with Crippen molar-refractivity contribution in [1.82, 2.24) is 10.3 Å². The molecule has 1 saturated heterocycles. The number of hydrogen-bond donors (Lipinski definition) is 2. The third-order valence-electron chi connectivity index (χ3n) is 4.29. The van der Waals surface area contributed by atoms with Gasteiger partial charge in [-0.15, -0.1) is 0 Å². The van der Waals surface area contributed by atoms with Crippen LogP contribution in [-0.2, 0) is 4.74 Å². The van der Waals surface area contributed by atoms with Crippen molar-refractivity contribution < 1.29 is 9.53 Å². The van der Waals surface area contributed by atoms with Crippen LogP contribution >= 0.6 is 0 Å². The number of nitrogens with zero attached hydrogens (tertiary/aromatic N) is 2. The number of carbonyl (C=O) groups excluding carboxylic acids is 1. The number of nitrogens with one attached hydrogen (secondary N) is 2. The molecule has 1 aromatic rings. The standard InChI is InChI=1S/C16H24N4O2/c21-16(18-13-5-2-1-3-6-13)19-14-7-4-8-17-15(14)20-9-11-22-12-10-20/h4,7-8,13H,1-3,5-6,9-12H2,(H2,18,19,21). The third-order valence-corrected chi connectivity index (χ3v) is 4.29. The Balaban J connectivity index is 1.62. The monoisotopic (exact) mass is 304 g/mol. The maximum Gasteiger partial charge on any atom is 0.319 e. The maximum absolute atomic E-state index is 12.2. The molecule has 6 nitrogen and oxygen atoms in total. The summed E-state index contributed by atoms with van der Waals surface area (Å²) < 4.78 is 5.37. The molecule has 2 aliphatic rings. The van der Waals surface area contributed by atoms with E-state index in [0.717, 1.165) is 37.4 Å². The highest BCUT2D eigenvalue weighted by Gasteiger charge is 2.19. The van der Waals surface area contributed by atoms with Crippen molar-refractivity contribution in [3.63, 3.8) is 0 Å². The quantitative estimate of drug-likeness (QED) is 0.900. The van der Waals surface area contributed by atoms with Crippen molar-refractivity contribution in [1.29, 1.82) is 0 Å². The minimum absolute atomic E-state index is 0.130. The second-order valence-corrected chi connectivity index (χ2v) is 5.91. The van der Waals surface area contributed by atoms with E-state index in [4.69, 9.17) is 4.74 Å². The molecule has 0 spiro atoms. The fourth-order valence-corrected chi connectivity index (χ4v) is 3.11. The molecule has 6 heteroatoms. The van der Waals surface area contributed by atoms with Gasteiger partial charge in [-0.3, -0.25) is 0 Å². The molecule has 0 unspecified atom stereocenters. The van der Waals surface area contributed by atoms with Gasteiger partial charge in [0.05, 0.1) is 18.9 Å². The molecule has 2 fully saturated rings. The number of morpholine rings is 1. The second-order valence-electron chi connectivity index (χ2n) is 5.91. The molecule has 1 aromatic heterocycles. The fraction of sp³-hybridized carbons (Fsp3) is 0.625. The van der Waals surface area contributed by atoms with Crippen LogP contribution in [0.15, 0.2) is 18.3 Å². The molecule has 2 N–H and O–H groups in total. The largest absolute Gasteiger partial charge is 0.378 e. The van der Waals surface area contributed by atoms with Crippen molar-refractivity contribution in [2.24, 2.45) is 0 Å². The zero-order chi connectivity index (χ0) is 15.2. The third kappa shape index (κ3) is 3.88. The molecule has 0 radical (unpaired) electrons. The highest BCUT2D eigenvalue weighted by Crippen LogP contribution is 2.24. The van der Waals surface area contributed by atoms with Crippen molar-refractivity contribution in [3.8, 4) is 0 Å². The van der Waals surface area contributed by atoms with Crippen molar-refractivity contribution in [2.75, 3.05) is 36.5 Å². The van der Waals surface area contributed by atoms with Gasteiger partial charge >= 0.3 is 6.03 Å². The van der Waals surface area contributed by atoms with Crippen molar-refractivity contribution >= 4 is 17.5 Å². The lowest BCUT2D eigenvalue weighted by Crippen LogP contribution is -2.40. The molecule has 0 atom stereocenters. The normalized spacial score (nSPS) is 19.7. The zero-order valence-electron chi connectivity index (χ0n) is 12.9. The van der Waals surface area contributed by atoms with Crippen molar-refractivity contribution in [2.45, 2.75) is 38.1 Å². The van der Waals surface area contributed by atoms with Crippen LogP contribution in [0.25, 0.3) is 0 Å². The van der Waals surface area contributed by atoms with E-state index in [1.807, 2.05) is 12.1 Å². The van der Waals surface area contributed by atoms with Crippen LogP contribution in [0.2, 0.25) is 0 Å². The van der Waals surface area contributed by atoms with Crippen LogP contribution in [0.3, 0.4) is 0 Å². The van der Waals surface area contributed by atoms with Crippen LogP contribution in [0, 0.1) is 0 Å². The first-order valence-electron chi connectivity index (χ1n) is 8.18. The number of anilines is 2. The first-order valence-corrected chi connectivity index (χ1v) is 8.18. The minimum atomic E-state index is -0.130. The summed E-state index contributed by atoms with van der Waals surface area (Å²) in [6.07, 6.45) is 7.61. The molecule has 1 aliphatic heterocycles. The second kappa shape index (κ2) is 7.45. The summed E-state index contributed by atoms with van der Waals surface area (Å²) >= 11 is 0. The van der Waals surface area contributed by atoms with E-state index < -0.39 is 0 Å². The molecule has 2 amide bonds. The molecule has 1 aliphatic carbocycles. The predicted octanol–water partition coefficient (Wildman–Crippen LogP) is 2.37. The first-order chi connectivity index (χ1) is 10.8. The molecule has 1 saturated carbocycles. The zero-order valence-corrected chi connectivity index (χ0v) is 12.9. The molecular formula is C16H24N4O2. The van der Waals surface area contributed by atoms with Crippen LogP contribution in [0.4, 0.5) is 16.3 Å².